The minimum Gasteiger partial charge on any atom is -0.494 e. The predicted octanol–water partition coefficient (Wildman–Crippen LogP) is 1.09. The van der Waals surface area contributed by atoms with Crippen molar-refractivity contribution in [3.63, 3.8) is 0 Å². The van der Waals surface area contributed by atoms with Crippen molar-refractivity contribution >= 4 is 15.9 Å². The van der Waals surface area contributed by atoms with Gasteiger partial charge in [-0.15, -0.1) is 0 Å². The molecule has 23 heavy (non-hydrogen) atoms. The van der Waals surface area contributed by atoms with Gasteiger partial charge in [0.1, 0.15) is 11.6 Å². The summed E-state index contributed by atoms with van der Waals surface area (Å²) >= 11 is 0. The molecule has 0 aliphatic carbocycles. The fourth-order valence-corrected chi connectivity index (χ4v) is 3.20. The number of benzene rings is 1. The van der Waals surface area contributed by atoms with Crippen LogP contribution in [0, 0.1) is 5.82 Å². The number of piperazine rings is 1. The zero-order valence-electron chi connectivity index (χ0n) is 13.1. The van der Waals surface area contributed by atoms with E-state index in [4.69, 9.17) is 4.74 Å². The van der Waals surface area contributed by atoms with Gasteiger partial charge < -0.3 is 9.64 Å². The number of ether oxygens (including phenoxy) is 1. The first kappa shape index (κ1) is 17.7. The molecule has 6 nitrogen and oxygen atoms in total. The maximum absolute atomic E-state index is 12.7. The zero-order chi connectivity index (χ0) is 16.9. The van der Waals surface area contributed by atoms with E-state index < -0.39 is 10.0 Å². The Labute approximate surface area is 135 Å². The number of carbonyl (C=O) groups excluding carboxylic acids is 1. The molecule has 1 saturated heterocycles. The van der Waals surface area contributed by atoms with Crippen molar-refractivity contribution in [3.8, 4) is 5.75 Å². The van der Waals surface area contributed by atoms with Crippen molar-refractivity contribution in [1.29, 1.82) is 0 Å². The third kappa shape index (κ3) is 5.47. The second kappa shape index (κ2) is 7.74. The average Bonchev–Trinajstić information content (AvgIpc) is 2.52. The predicted molar refractivity (Wildman–Crippen MR) is 84.1 cm³/mol. The largest absolute Gasteiger partial charge is 0.494 e. The summed E-state index contributed by atoms with van der Waals surface area (Å²) < 4.78 is 42.4. The summed E-state index contributed by atoms with van der Waals surface area (Å²) in [6.07, 6.45) is 2.08. The van der Waals surface area contributed by atoms with Crippen molar-refractivity contribution in [3.05, 3.63) is 30.1 Å². The van der Waals surface area contributed by atoms with E-state index in [2.05, 4.69) is 0 Å². The Kier molecular flexibility index (Phi) is 5.95. The summed E-state index contributed by atoms with van der Waals surface area (Å²) in [6.45, 7) is 1.91. The second-order valence-corrected chi connectivity index (χ2v) is 7.43. The highest BCUT2D eigenvalue weighted by Crippen LogP contribution is 2.12. The van der Waals surface area contributed by atoms with Crippen LogP contribution < -0.4 is 4.74 Å². The molecule has 0 bridgehead atoms. The van der Waals surface area contributed by atoms with Gasteiger partial charge in [0.15, 0.2) is 0 Å². The van der Waals surface area contributed by atoms with Crippen LogP contribution in [-0.4, -0.2) is 62.6 Å². The van der Waals surface area contributed by atoms with E-state index in [0.717, 1.165) is 0 Å². The van der Waals surface area contributed by atoms with Gasteiger partial charge in [-0.1, -0.05) is 0 Å². The lowest BCUT2D eigenvalue weighted by Crippen LogP contribution is -2.50. The summed E-state index contributed by atoms with van der Waals surface area (Å²) in [5.41, 5.74) is 0. The quantitative estimate of drug-likeness (QED) is 0.725. The lowest BCUT2D eigenvalue weighted by atomic mass is 10.2. The number of rotatable bonds is 6. The van der Waals surface area contributed by atoms with Gasteiger partial charge in [0.25, 0.3) is 0 Å². The van der Waals surface area contributed by atoms with Crippen molar-refractivity contribution in [2.45, 2.75) is 12.8 Å². The van der Waals surface area contributed by atoms with Crippen LogP contribution in [0.2, 0.25) is 0 Å². The first-order valence-corrected chi connectivity index (χ1v) is 9.32. The summed E-state index contributed by atoms with van der Waals surface area (Å²) in [5, 5.41) is 0. The number of halogens is 1. The molecule has 0 N–H and O–H groups in total. The van der Waals surface area contributed by atoms with Gasteiger partial charge >= 0.3 is 0 Å². The summed E-state index contributed by atoms with van der Waals surface area (Å²) in [5.74, 6) is 0.252. The first-order valence-electron chi connectivity index (χ1n) is 7.47. The first-order chi connectivity index (χ1) is 10.9. The standard InChI is InChI=1S/C15H21FN2O4S/c1-23(20,21)18-10-8-17(9-11-18)15(19)3-2-12-22-14-6-4-13(16)5-7-14/h4-7H,2-3,8-12H2,1H3. The molecule has 0 atom stereocenters. The maximum Gasteiger partial charge on any atom is 0.222 e. The summed E-state index contributed by atoms with van der Waals surface area (Å²) in [7, 11) is -3.18. The van der Waals surface area contributed by atoms with Crippen LogP contribution in [0.5, 0.6) is 5.75 Å². The van der Waals surface area contributed by atoms with Crippen LogP contribution in [-0.2, 0) is 14.8 Å². The highest BCUT2D eigenvalue weighted by molar-refractivity contribution is 7.88. The maximum atomic E-state index is 12.7. The van der Waals surface area contributed by atoms with Gasteiger partial charge in [0.2, 0.25) is 15.9 Å². The molecular formula is C15H21FN2O4S. The third-order valence-corrected chi connectivity index (χ3v) is 4.98. The van der Waals surface area contributed by atoms with Gasteiger partial charge in [-0.2, -0.15) is 4.31 Å². The number of carbonyl (C=O) groups is 1. The molecule has 0 saturated carbocycles. The molecule has 128 valence electrons. The molecule has 0 radical (unpaired) electrons. The van der Waals surface area contributed by atoms with E-state index in [1.807, 2.05) is 0 Å². The van der Waals surface area contributed by atoms with Crippen LogP contribution in [0.25, 0.3) is 0 Å². The molecule has 8 heteroatoms. The van der Waals surface area contributed by atoms with Crippen LogP contribution in [0.3, 0.4) is 0 Å². The van der Waals surface area contributed by atoms with Crippen LogP contribution in [0.4, 0.5) is 4.39 Å². The Morgan fingerprint density at radius 1 is 1.17 bits per heavy atom. The van der Waals surface area contributed by atoms with E-state index >= 15 is 0 Å². The number of amides is 1. The number of hydrogen-bond donors (Lipinski definition) is 0. The van der Waals surface area contributed by atoms with Gasteiger partial charge in [-0.3, -0.25) is 4.79 Å². The van der Waals surface area contributed by atoms with E-state index in [1.54, 1.807) is 17.0 Å². The smallest absolute Gasteiger partial charge is 0.222 e. The highest BCUT2D eigenvalue weighted by atomic mass is 32.2. The molecule has 0 aromatic heterocycles. The Hall–Kier alpha value is -1.67. The van der Waals surface area contributed by atoms with E-state index in [-0.39, 0.29) is 11.7 Å². The fourth-order valence-electron chi connectivity index (χ4n) is 2.37. The fraction of sp³-hybridized carbons (Fsp3) is 0.533. The molecular weight excluding hydrogens is 323 g/mol. The lowest BCUT2D eigenvalue weighted by Gasteiger charge is -2.33. The van der Waals surface area contributed by atoms with Crippen molar-refractivity contribution in [2.75, 3.05) is 39.0 Å². The van der Waals surface area contributed by atoms with Crippen molar-refractivity contribution in [1.82, 2.24) is 9.21 Å². The molecule has 1 aliphatic rings. The average molecular weight is 344 g/mol. The van der Waals surface area contributed by atoms with Gasteiger partial charge in [-0.25, -0.2) is 12.8 Å². The van der Waals surface area contributed by atoms with Crippen LogP contribution >= 0.6 is 0 Å². The SMILES string of the molecule is CS(=O)(=O)N1CCN(C(=O)CCCOc2ccc(F)cc2)CC1. The molecule has 1 fully saturated rings. The Balaban J connectivity index is 1.67. The van der Waals surface area contributed by atoms with Gasteiger partial charge in [0.05, 0.1) is 12.9 Å². The summed E-state index contributed by atoms with van der Waals surface area (Å²) in [4.78, 5) is 13.7. The molecule has 2 rings (SSSR count). The highest BCUT2D eigenvalue weighted by Gasteiger charge is 2.25. The van der Waals surface area contributed by atoms with E-state index in [9.17, 15) is 17.6 Å². The molecule has 1 amide bonds. The topological polar surface area (TPSA) is 66.9 Å². The Morgan fingerprint density at radius 3 is 2.35 bits per heavy atom. The number of hydrogen-bond acceptors (Lipinski definition) is 4. The normalized spacial score (nSPS) is 16.3. The van der Waals surface area contributed by atoms with E-state index in [0.29, 0.717) is 51.4 Å². The molecule has 0 spiro atoms. The Bertz CT molecular complexity index is 625. The molecule has 0 unspecified atom stereocenters. The molecule has 1 aromatic rings. The minimum atomic E-state index is -3.18. The van der Waals surface area contributed by atoms with Gasteiger partial charge in [0, 0.05) is 32.6 Å². The Morgan fingerprint density at radius 2 is 1.78 bits per heavy atom. The van der Waals surface area contributed by atoms with Gasteiger partial charge in [-0.05, 0) is 30.7 Å². The van der Waals surface area contributed by atoms with Crippen LogP contribution in [0.1, 0.15) is 12.8 Å². The second-order valence-electron chi connectivity index (χ2n) is 5.45. The monoisotopic (exact) mass is 344 g/mol. The summed E-state index contributed by atoms with van der Waals surface area (Å²) in [6, 6.07) is 5.73. The lowest BCUT2D eigenvalue weighted by molar-refractivity contribution is -0.132. The number of sulfonamides is 1. The molecule has 1 aliphatic heterocycles. The van der Waals surface area contributed by atoms with Crippen molar-refractivity contribution in [2.24, 2.45) is 0 Å². The van der Waals surface area contributed by atoms with E-state index in [1.165, 1.54) is 22.7 Å². The zero-order valence-corrected chi connectivity index (χ0v) is 13.9. The minimum absolute atomic E-state index is 0.000794. The molecule has 1 aromatic carbocycles. The van der Waals surface area contributed by atoms with Crippen LogP contribution in [0.15, 0.2) is 24.3 Å². The molecule has 1 heterocycles. The van der Waals surface area contributed by atoms with Crippen molar-refractivity contribution < 1.29 is 22.3 Å². The third-order valence-electron chi connectivity index (χ3n) is 3.68. The number of nitrogens with zero attached hydrogens (tertiary/aromatic N) is 2.